The van der Waals surface area contributed by atoms with Crippen LogP contribution in [0.25, 0.3) is 11.3 Å². The first-order valence-corrected chi connectivity index (χ1v) is 18.2. The van der Waals surface area contributed by atoms with Gasteiger partial charge in [-0.3, -0.25) is 4.90 Å². The summed E-state index contributed by atoms with van der Waals surface area (Å²) in [7, 11) is -0.475. The zero-order chi connectivity index (χ0) is 33.4. The van der Waals surface area contributed by atoms with Crippen molar-refractivity contribution < 1.29 is 18.7 Å². The van der Waals surface area contributed by atoms with Gasteiger partial charge in [0.15, 0.2) is 8.32 Å². The maximum absolute atomic E-state index is 13.5. The lowest BCUT2D eigenvalue weighted by Crippen LogP contribution is -2.46. The number of anilines is 3. The van der Waals surface area contributed by atoms with Crippen LogP contribution in [0, 0.1) is 18.3 Å². The van der Waals surface area contributed by atoms with Crippen LogP contribution in [0.15, 0.2) is 30.5 Å². The van der Waals surface area contributed by atoms with E-state index in [0.29, 0.717) is 49.2 Å². The Morgan fingerprint density at radius 3 is 2.51 bits per heavy atom. The zero-order valence-corrected chi connectivity index (χ0v) is 29.5. The van der Waals surface area contributed by atoms with Crippen LogP contribution in [-0.4, -0.2) is 66.6 Å². The first kappa shape index (κ1) is 34.1. The first-order chi connectivity index (χ1) is 20.9. The Bertz CT molecular complexity index is 1600. The number of hydrogen-bond acceptors (Lipinski definition) is 9. The summed E-state index contributed by atoms with van der Waals surface area (Å²) in [6.07, 6.45) is 1.19. The van der Waals surface area contributed by atoms with Crippen molar-refractivity contribution in [2.75, 3.05) is 37.1 Å². The molecule has 0 spiro atoms. The number of ether oxygens (including phenoxy) is 2. The molecule has 1 atom stereocenters. The predicted octanol–water partition coefficient (Wildman–Crippen LogP) is 6.94. The Balaban J connectivity index is 1.77. The summed E-state index contributed by atoms with van der Waals surface area (Å²) < 4.78 is 19.6. The molecular formula is C33H47N7O4Si. The second-order valence-electron chi connectivity index (χ2n) is 14.5. The van der Waals surface area contributed by atoms with Crippen LogP contribution in [0.3, 0.4) is 0 Å². The van der Waals surface area contributed by atoms with E-state index < -0.39 is 25.4 Å². The molecule has 0 radical (unpaired) electrons. The van der Waals surface area contributed by atoms with E-state index in [1.165, 1.54) is 0 Å². The molecule has 1 aromatic carbocycles. The number of nitriles is 1. The van der Waals surface area contributed by atoms with Gasteiger partial charge in [-0.25, -0.2) is 19.4 Å². The molecule has 2 aromatic heterocycles. The largest absolute Gasteiger partial charge is 0.443 e. The minimum Gasteiger partial charge on any atom is -0.443 e. The quantitative estimate of drug-likeness (QED) is 0.249. The second-order valence-corrected chi connectivity index (χ2v) is 19.3. The second kappa shape index (κ2) is 12.5. The van der Waals surface area contributed by atoms with E-state index in [1.54, 1.807) is 24.3 Å². The molecule has 0 unspecified atom stereocenters. The number of carbonyl (C=O) groups excluding carboxylic acids is 1. The Morgan fingerprint density at radius 1 is 1.18 bits per heavy atom. The number of hydrogen-bond donors (Lipinski definition) is 1. The molecule has 3 heterocycles. The van der Waals surface area contributed by atoms with Crippen LogP contribution in [-0.2, 0) is 25.9 Å². The monoisotopic (exact) mass is 633 g/mol. The summed E-state index contributed by atoms with van der Waals surface area (Å²) in [4.78, 5) is 24.4. The summed E-state index contributed by atoms with van der Waals surface area (Å²) in [5.74, 6) is 1.14. The summed E-state index contributed by atoms with van der Waals surface area (Å²) in [5, 5.41) is 18.2. The van der Waals surface area contributed by atoms with Crippen LogP contribution in [0.5, 0.6) is 0 Å². The van der Waals surface area contributed by atoms with Gasteiger partial charge in [0.2, 0.25) is 5.95 Å². The van der Waals surface area contributed by atoms with E-state index in [4.69, 9.17) is 18.9 Å². The normalized spacial score (nSPS) is 16.8. The van der Waals surface area contributed by atoms with Gasteiger partial charge in [-0.2, -0.15) is 10.4 Å². The highest BCUT2D eigenvalue weighted by molar-refractivity contribution is 6.74. The standard InChI is InChI=1S/C33H47N7O4Si/c1-22-16-27(40(38-22)14-15-42-9)37-29-35-13-12-26(36-29)23-17-24(19-34)28-25(18-23)33(8,21-43-45(10,11)32(5,6)7)20-39(28)30(41)44-31(2,3)4/h12-13,16-18H,14-15,20-21H2,1-11H3,(H,35,36,37)/t33-/m1/s1. The maximum Gasteiger partial charge on any atom is 0.414 e. The van der Waals surface area contributed by atoms with Crippen molar-refractivity contribution in [1.82, 2.24) is 19.7 Å². The van der Waals surface area contributed by atoms with Gasteiger partial charge >= 0.3 is 6.09 Å². The van der Waals surface area contributed by atoms with Gasteiger partial charge in [0, 0.05) is 43.5 Å². The van der Waals surface area contributed by atoms with Gasteiger partial charge in [0.25, 0.3) is 0 Å². The maximum atomic E-state index is 13.5. The number of carbonyl (C=O) groups is 1. The highest BCUT2D eigenvalue weighted by atomic mass is 28.4. The summed E-state index contributed by atoms with van der Waals surface area (Å²) in [6, 6.07) is 9.87. The smallest absolute Gasteiger partial charge is 0.414 e. The molecule has 0 aliphatic carbocycles. The molecule has 12 heteroatoms. The van der Waals surface area contributed by atoms with Crippen molar-refractivity contribution >= 4 is 31.9 Å². The van der Waals surface area contributed by atoms with E-state index in [-0.39, 0.29) is 5.04 Å². The average molecular weight is 634 g/mol. The van der Waals surface area contributed by atoms with Gasteiger partial charge in [0.05, 0.1) is 35.8 Å². The van der Waals surface area contributed by atoms with Gasteiger partial charge in [-0.15, -0.1) is 0 Å². The molecule has 0 fully saturated rings. The van der Waals surface area contributed by atoms with Crippen LogP contribution >= 0.6 is 0 Å². The molecule has 0 saturated carbocycles. The van der Waals surface area contributed by atoms with Gasteiger partial charge < -0.3 is 19.2 Å². The minimum atomic E-state index is -2.13. The molecule has 1 amide bonds. The molecule has 3 aromatic rings. The van der Waals surface area contributed by atoms with Crippen molar-refractivity contribution in [3.8, 4) is 17.3 Å². The molecule has 242 valence electrons. The Hall–Kier alpha value is -3.79. The Labute approximate surface area is 268 Å². The molecule has 0 bridgehead atoms. The molecule has 1 N–H and O–H groups in total. The first-order valence-electron chi connectivity index (χ1n) is 15.2. The van der Waals surface area contributed by atoms with E-state index in [9.17, 15) is 10.1 Å². The van der Waals surface area contributed by atoms with E-state index >= 15 is 0 Å². The van der Waals surface area contributed by atoms with Crippen molar-refractivity contribution in [1.29, 1.82) is 5.26 Å². The number of rotatable bonds is 9. The zero-order valence-electron chi connectivity index (χ0n) is 28.5. The fourth-order valence-electron chi connectivity index (χ4n) is 4.97. The average Bonchev–Trinajstić information content (AvgIpc) is 3.45. The summed E-state index contributed by atoms with van der Waals surface area (Å²) in [6.45, 7) is 22.4. The molecule has 11 nitrogen and oxygen atoms in total. The summed E-state index contributed by atoms with van der Waals surface area (Å²) >= 11 is 0. The lowest BCUT2D eigenvalue weighted by Gasteiger charge is -2.39. The van der Waals surface area contributed by atoms with E-state index in [1.807, 2.05) is 50.6 Å². The van der Waals surface area contributed by atoms with Crippen LogP contribution in [0.4, 0.5) is 22.2 Å². The SMILES string of the molecule is COCCn1nc(C)cc1Nc1nccc(-c2cc(C#N)c3c(c2)[C@@](C)(CO[Si](C)(C)C(C)(C)C)CN3C(=O)OC(C)(C)C)n1. The van der Waals surface area contributed by atoms with Gasteiger partial charge in [-0.1, -0.05) is 27.7 Å². The number of benzene rings is 1. The predicted molar refractivity (Wildman–Crippen MR) is 178 cm³/mol. The summed E-state index contributed by atoms with van der Waals surface area (Å²) in [5.41, 5.74) is 2.72. The Kier molecular flexibility index (Phi) is 9.50. The third-order valence-electron chi connectivity index (χ3n) is 8.43. The van der Waals surface area contributed by atoms with Gasteiger partial charge in [0.1, 0.15) is 17.5 Å². The van der Waals surface area contributed by atoms with Crippen LogP contribution in [0.2, 0.25) is 18.1 Å². The molecular weight excluding hydrogens is 586 g/mol. The van der Waals surface area contributed by atoms with E-state index in [2.05, 4.69) is 62.3 Å². The highest BCUT2D eigenvalue weighted by Crippen LogP contribution is 2.47. The fourth-order valence-corrected chi connectivity index (χ4v) is 6.09. The number of aryl methyl sites for hydroxylation is 1. The lowest BCUT2D eigenvalue weighted by molar-refractivity contribution is 0.0575. The van der Waals surface area contributed by atoms with Crippen LogP contribution < -0.4 is 10.2 Å². The molecule has 0 saturated heterocycles. The van der Waals surface area contributed by atoms with Crippen LogP contribution in [0.1, 0.15) is 65.3 Å². The number of amides is 1. The van der Waals surface area contributed by atoms with Gasteiger partial charge in [-0.05, 0) is 69.6 Å². The highest BCUT2D eigenvalue weighted by Gasteiger charge is 2.47. The molecule has 1 aliphatic heterocycles. The van der Waals surface area contributed by atoms with E-state index in [0.717, 1.165) is 22.6 Å². The fraction of sp³-hybridized carbons (Fsp3) is 0.545. The third-order valence-corrected chi connectivity index (χ3v) is 12.9. The molecule has 45 heavy (non-hydrogen) atoms. The lowest BCUT2D eigenvalue weighted by atomic mass is 9.83. The van der Waals surface area contributed by atoms with Crippen molar-refractivity contribution in [2.45, 2.75) is 91.1 Å². The number of aromatic nitrogens is 4. The third kappa shape index (κ3) is 7.54. The Morgan fingerprint density at radius 2 is 1.89 bits per heavy atom. The molecule has 1 aliphatic rings. The van der Waals surface area contributed by atoms with Crippen molar-refractivity contribution in [2.24, 2.45) is 0 Å². The van der Waals surface area contributed by atoms with Crippen molar-refractivity contribution in [3.05, 3.63) is 47.3 Å². The minimum absolute atomic E-state index is 0.0111. The number of nitrogens with zero attached hydrogens (tertiary/aromatic N) is 6. The topological polar surface area (TPSA) is 127 Å². The number of methoxy groups -OCH3 is 1. The number of nitrogens with one attached hydrogen (secondary N) is 1. The van der Waals surface area contributed by atoms with Crippen molar-refractivity contribution in [3.63, 3.8) is 0 Å². The number of fused-ring (bicyclic) bond motifs is 1. The molecule has 4 rings (SSSR count).